The second-order valence-electron chi connectivity index (χ2n) is 3.01. The van der Waals surface area contributed by atoms with Gasteiger partial charge in [-0.25, -0.2) is 4.39 Å². The smallest absolute Gasteiger partial charge is 0.269 e. The standard InChI is InChI=1S/C11H9FN2O2/c1-7(15)8(6-13)11(16)14-10-5-3-2-4-9(10)12/h2-5,15H,1H3,(H,14,16)/b8-7-. The summed E-state index contributed by atoms with van der Waals surface area (Å²) in [5, 5.41) is 19.8. The zero-order valence-corrected chi connectivity index (χ0v) is 8.49. The molecule has 0 aliphatic heterocycles. The molecule has 1 rings (SSSR count). The summed E-state index contributed by atoms with van der Waals surface area (Å²) < 4.78 is 13.1. The molecule has 0 spiro atoms. The quantitative estimate of drug-likeness (QED) is 0.455. The number of carbonyl (C=O) groups is 1. The number of allylic oxidation sites excluding steroid dienone is 1. The Balaban J connectivity index is 2.93. The molecule has 4 nitrogen and oxygen atoms in total. The molecule has 0 atom stereocenters. The van der Waals surface area contributed by atoms with E-state index in [-0.39, 0.29) is 5.69 Å². The van der Waals surface area contributed by atoms with Gasteiger partial charge in [0.05, 0.1) is 5.69 Å². The highest BCUT2D eigenvalue weighted by Crippen LogP contribution is 2.14. The molecule has 0 saturated heterocycles. The Morgan fingerprint density at radius 3 is 2.62 bits per heavy atom. The number of amides is 1. The molecule has 0 aromatic heterocycles. The number of nitriles is 1. The van der Waals surface area contributed by atoms with E-state index < -0.39 is 23.1 Å². The topological polar surface area (TPSA) is 73.1 Å². The first kappa shape index (κ1) is 11.7. The summed E-state index contributed by atoms with van der Waals surface area (Å²) in [7, 11) is 0. The summed E-state index contributed by atoms with van der Waals surface area (Å²) in [6.45, 7) is 1.21. The summed E-state index contributed by atoms with van der Waals surface area (Å²) >= 11 is 0. The van der Waals surface area contributed by atoms with Gasteiger partial charge in [0.2, 0.25) is 0 Å². The summed E-state index contributed by atoms with van der Waals surface area (Å²) in [6, 6.07) is 7.09. The van der Waals surface area contributed by atoms with Crippen LogP contribution in [0.15, 0.2) is 35.6 Å². The van der Waals surface area contributed by atoms with Crippen LogP contribution in [-0.4, -0.2) is 11.0 Å². The number of hydrogen-bond acceptors (Lipinski definition) is 3. The van der Waals surface area contributed by atoms with Crippen molar-refractivity contribution in [1.82, 2.24) is 0 Å². The van der Waals surface area contributed by atoms with Crippen LogP contribution in [0.1, 0.15) is 6.92 Å². The lowest BCUT2D eigenvalue weighted by Crippen LogP contribution is -2.15. The van der Waals surface area contributed by atoms with Crippen LogP contribution in [-0.2, 0) is 4.79 Å². The minimum atomic E-state index is -0.840. The van der Waals surface area contributed by atoms with Gasteiger partial charge in [-0.3, -0.25) is 4.79 Å². The minimum absolute atomic E-state index is 0.0403. The van der Waals surface area contributed by atoms with Gasteiger partial charge in [0, 0.05) is 0 Å². The number of nitrogens with one attached hydrogen (secondary N) is 1. The lowest BCUT2D eigenvalue weighted by molar-refractivity contribution is -0.112. The van der Waals surface area contributed by atoms with Gasteiger partial charge in [0.15, 0.2) is 5.57 Å². The highest BCUT2D eigenvalue weighted by molar-refractivity contribution is 6.06. The van der Waals surface area contributed by atoms with Crippen molar-refractivity contribution in [3.63, 3.8) is 0 Å². The Kier molecular flexibility index (Phi) is 3.62. The van der Waals surface area contributed by atoms with Crippen molar-refractivity contribution in [3.05, 3.63) is 41.4 Å². The van der Waals surface area contributed by atoms with Crippen LogP contribution >= 0.6 is 0 Å². The van der Waals surface area contributed by atoms with Crippen LogP contribution in [0.4, 0.5) is 10.1 Å². The summed E-state index contributed by atoms with van der Waals surface area (Å²) in [5.74, 6) is -1.85. The predicted molar refractivity (Wildman–Crippen MR) is 56.0 cm³/mol. The van der Waals surface area contributed by atoms with Crippen LogP contribution in [0.25, 0.3) is 0 Å². The first-order valence-corrected chi connectivity index (χ1v) is 4.42. The van der Waals surface area contributed by atoms with Gasteiger partial charge in [-0.15, -0.1) is 0 Å². The number of aliphatic hydroxyl groups is 1. The molecule has 82 valence electrons. The van der Waals surface area contributed by atoms with Crippen LogP contribution < -0.4 is 5.32 Å². The number of anilines is 1. The van der Waals surface area contributed by atoms with Crippen molar-refractivity contribution >= 4 is 11.6 Å². The number of para-hydroxylation sites is 1. The molecule has 16 heavy (non-hydrogen) atoms. The van der Waals surface area contributed by atoms with E-state index in [1.165, 1.54) is 31.2 Å². The van der Waals surface area contributed by atoms with Crippen molar-refractivity contribution in [3.8, 4) is 6.07 Å². The number of aliphatic hydroxyl groups excluding tert-OH is 1. The number of benzene rings is 1. The zero-order chi connectivity index (χ0) is 12.1. The SMILES string of the molecule is C/C(O)=C(\C#N)C(=O)Nc1ccccc1F. The maximum atomic E-state index is 13.1. The van der Waals surface area contributed by atoms with Crippen LogP contribution in [0, 0.1) is 17.1 Å². The Labute approximate surface area is 91.6 Å². The van der Waals surface area contributed by atoms with Gasteiger partial charge < -0.3 is 10.4 Å². The first-order chi connectivity index (χ1) is 7.56. The van der Waals surface area contributed by atoms with Gasteiger partial charge in [-0.05, 0) is 19.1 Å². The normalized spacial score (nSPS) is 11.3. The second kappa shape index (κ2) is 4.94. The van der Waals surface area contributed by atoms with E-state index >= 15 is 0 Å². The van der Waals surface area contributed by atoms with E-state index in [0.29, 0.717) is 0 Å². The van der Waals surface area contributed by atoms with Gasteiger partial charge in [0.1, 0.15) is 17.6 Å². The molecule has 1 aromatic rings. The van der Waals surface area contributed by atoms with Crippen LogP contribution in [0.3, 0.4) is 0 Å². The Hall–Kier alpha value is -2.35. The number of rotatable bonds is 2. The molecule has 5 heteroatoms. The monoisotopic (exact) mass is 220 g/mol. The number of carbonyl (C=O) groups excluding carboxylic acids is 1. The van der Waals surface area contributed by atoms with Crippen molar-refractivity contribution in [1.29, 1.82) is 5.26 Å². The van der Waals surface area contributed by atoms with Gasteiger partial charge in [-0.2, -0.15) is 5.26 Å². The van der Waals surface area contributed by atoms with Crippen molar-refractivity contribution in [2.45, 2.75) is 6.92 Å². The number of nitrogens with zero attached hydrogens (tertiary/aromatic N) is 1. The molecule has 2 N–H and O–H groups in total. The lowest BCUT2D eigenvalue weighted by Gasteiger charge is -2.05. The molecule has 0 unspecified atom stereocenters. The maximum absolute atomic E-state index is 13.1. The van der Waals surface area contributed by atoms with Crippen LogP contribution in [0.5, 0.6) is 0 Å². The van der Waals surface area contributed by atoms with E-state index in [1.54, 1.807) is 6.07 Å². The molecular weight excluding hydrogens is 211 g/mol. The molecule has 0 bridgehead atoms. The summed E-state index contributed by atoms with van der Waals surface area (Å²) in [4.78, 5) is 11.4. The molecule has 0 aliphatic carbocycles. The summed E-state index contributed by atoms with van der Waals surface area (Å²) in [6.07, 6.45) is 0. The molecule has 1 aromatic carbocycles. The van der Waals surface area contributed by atoms with Crippen molar-refractivity contribution in [2.24, 2.45) is 0 Å². The van der Waals surface area contributed by atoms with E-state index in [4.69, 9.17) is 10.4 Å². The molecule has 0 aliphatic rings. The lowest BCUT2D eigenvalue weighted by atomic mass is 10.2. The Morgan fingerprint density at radius 2 is 2.12 bits per heavy atom. The largest absolute Gasteiger partial charge is 0.511 e. The van der Waals surface area contributed by atoms with Gasteiger partial charge in [-0.1, -0.05) is 12.1 Å². The molecular formula is C11H9FN2O2. The van der Waals surface area contributed by atoms with Crippen LogP contribution in [0.2, 0.25) is 0 Å². The third-order valence-electron chi connectivity index (χ3n) is 1.82. The number of hydrogen-bond donors (Lipinski definition) is 2. The van der Waals surface area contributed by atoms with E-state index in [0.717, 1.165) is 0 Å². The molecule has 0 saturated carbocycles. The number of halogens is 1. The highest BCUT2D eigenvalue weighted by Gasteiger charge is 2.14. The minimum Gasteiger partial charge on any atom is -0.511 e. The molecule has 0 heterocycles. The molecule has 1 amide bonds. The van der Waals surface area contributed by atoms with Gasteiger partial charge in [0.25, 0.3) is 5.91 Å². The van der Waals surface area contributed by atoms with Crippen molar-refractivity contribution < 1.29 is 14.3 Å². The highest BCUT2D eigenvalue weighted by atomic mass is 19.1. The average Bonchev–Trinajstić information content (AvgIpc) is 2.22. The third kappa shape index (κ3) is 2.58. The fourth-order valence-corrected chi connectivity index (χ4v) is 1.04. The third-order valence-corrected chi connectivity index (χ3v) is 1.82. The fourth-order valence-electron chi connectivity index (χ4n) is 1.04. The average molecular weight is 220 g/mol. The zero-order valence-electron chi connectivity index (χ0n) is 8.49. The van der Waals surface area contributed by atoms with E-state index in [9.17, 15) is 9.18 Å². The fraction of sp³-hybridized carbons (Fsp3) is 0.0909. The molecule has 0 fully saturated rings. The molecule has 0 radical (unpaired) electrons. The van der Waals surface area contributed by atoms with E-state index in [2.05, 4.69) is 5.32 Å². The first-order valence-electron chi connectivity index (χ1n) is 4.42. The Morgan fingerprint density at radius 1 is 1.50 bits per heavy atom. The van der Waals surface area contributed by atoms with E-state index in [1.807, 2.05) is 0 Å². The maximum Gasteiger partial charge on any atom is 0.269 e. The van der Waals surface area contributed by atoms with Crippen molar-refractivity contribution in [2.75, 3.05) is 5.32 Å². The predicted octanol–water partition coefficient (Wildman–Crippen LogP) is 2.12. The Bertz CT molecular complexity index is 485. The van der Waals surface area contributed by atoms with Gasteiger partial charge >= 0.3 is 0 Å². The second-order valence-corrected chi connectivity index (χ2v) is 3.01. The summed E-state index contributed by atoms with van der Waals surface area (Å²) in [5.41, 5.74) is -0.482.